The smallest absolute Gasteiger partial charge is 0.319 e. The highest BCUT2D eigenvalue weighted by atomic mass is 35.5. The van der Waals surface area contributed by atoms with Crippen LogP contribution in [0.4, 0.5) is 10.5 Å². The third-order valence-electron chi connectivity index (χ3n) is 3.98. The number of hydrogen-bond donors (Lipinski definition) is 2. The van der Waals surface area contributed by atoms with E-state index in [4.69, 9.17) is 11.6 Å². The molecule has 5 heteroatoms. The van der Waals surface area contributed by atoms with Gasteiger partial charge in [0.15, 0.2) is 0 Å². The Morgan fingerprint density at radius 2 is 1.86 bits per heavy atom. The van der Waals surface area contributed by atoms with Gasteiger partial charge in [-0.3, -0.25) is 0 Å². The number of hydrogen-bond acceptors (Lipinski definition) is 2. The van der Waals surface area contributed by atoms with Crippen LogP contribution in [-0.4, -0.2) is 37.1 Å². The van der Waals surface area contributed by atoms with Crippen molar-refractivity contribution in [2.24, 2.45) is 11.8 Å². The molecule has 0 bridgehead atoms. The summed E-state index contributed by atoms with van der Waals surface area (Å²) in [4.78, 5) is 14.3. The highest BCUT2D eigenvalue weighted by molar-refractivity contribution is 6.30. The quantitative estimate of drug-likeness (QED) is 0.809. The molecule has 122 valence electrons. The van der Waals surface area contributed by atoms with Gasteiger partial charge in [-0.2, -0.15) is 0 Å². The van der Waals surface area contributed by atoms with Crippen molar-refractivity contribution in [3.63, 3.8) is 0 Å². The Bertz CT molecular complexity index is 467. The highest BCUT2D eigenvalue weighted by Gasteiger charge is 2.20. The fourth-order valence-electron chi connectivity index (χ4n) is 3.19. The van der Waals surface area contributed by atoms with E-state index in [1.807, 2.05) is 0 Å². The van der Waals surface area contributed by atoms with Crippen LogP contribution in [0, 0.1) is 11.8 Å². The SMILES string of the molecule is CC1CC(C)CN(CCCNC(=O)Nc2ccc(Cl)cc2)C1. The molecule has 0 saturated carbocycles. The van der Waals surface area contributed by atoms with Gasteiger partial charge in [0, 0.05) is 30.3 Å². The first-order valence-electron chi connectivity index (χ1n) is 8.05. The molecule has 0 spiro atoms. The number of halogens is 1. The van der Waals surface area contributed by atoms with Crippen LogP contribution >= 0.6 is 11.6 Å². The van der Waals surface area contributed by atoms with E-state index in [0.717, 1.165) is 30.5 Å². The molecule has 1 fully saturated rings. The molecule has 1 aliphatic heterocycles. The molecule has 2 amide bonds. The molecule has 1 aromatic carbocycles. The Morgan fingerprint density at radius 3 is 2.50 bits per heavy atom. The number of nitrogens with one attached hydrogen (secondary N) is 2. The molecular formula is C17H26ClN3O. The number of carbonyl (C=O) groups is 1. The molecule has 2 atom stereocenters. The predicted molar refractivity (Wildman–Crippen MR) is 92.5 cm³/mol. The van der Waals surface area contributed by atoms with Gasteiger partial charge in [0.05, 0.1) is 0 Å². The molecule has 22 heavy (non-hydrogen) atoms. The molecule has 1 aromatic rings. The molecule has 1 aliphatic rings. The van der Waals surface area contributed by atoms with Crippen LogP contribution in [0.15, 0.2) is 24.3 Å². The van der Waals surface area contributed by atoms with Gasteiger partial charge in [0.25, 0.3) is 0 Å². The molecule has 0 aliphatic carbocycles. The number of carbonyl (C=O) groups excluding carboxylic acids is 1. The van der Waals surface area contributed by atoms with Gasteiger partial charge in [0.2, 0.25) is 0 Å². The van der Waals surface area contributed by atoms with Crippen molar-refractivity contribution in [1.82, 2.24) is 10.2 Å². The Labute approximate surface area is 138 Å². The van der Waals surface area contributed by atoms with Gasteiger partial charge >= 0.3 is 6.03 Å². The molecule has 2 rings (SSSR count). The third-order valence-corrected chi connectivity index (χ3v) is 4.24. The van der Waals surface area contributed by atoms with Crippen molar-refractivity contribution >= 4 is 23.3 Å². The topological polar surface area (TPSA) is 44.4 Å². The molecule has 1 heterocycles. The van der Waals surface area contributed by atoms with Crippen molar-refractivity contribution < 1.29 is 4.79 Å². The maximum atomic E-state index is 11.8. The zero-order valence-corrected chi connectivity index (χ0v) is 14.2. The maximum absolute atomic E-state index is 11.8. The Hall–Kier alpha value is -1.26. The largest absolute Gasteiger partial charge is 0.338 e. The second-order valence-electron chi connectivity index (χ2n) is 6.45. The Balaban J connectivity index is 1.62. The second kappa shape index (κ2) is 8.39. The summed E-state index contributed by atoms with van der Waals surface area (Å²) in [6, 6.07) is 6.94. The van der Waals surface area contributed by atoms with Gasteiger partial charge < -0.3 is 15.5 Å². The van der Waals surface area contributed by atoms with Crippen LogP contribution in [0.3, 0.4) is 0 Å². The number of piperidine rings is 1. The average Bonchev–Trinajstić information content (AvgIpc) is 2.45. The second-order valence-corrected chi connectivity index (χ2v) is 6.88. The number of benzene rings is 1. The first-order chi connectivity index (χ1) is 10.5. The van der Waals surface area contributed by atoms with Gasteiger partial charge in [0.1, 0.15) is 0 Å². The van der Waals surface area contributed by atoms with Crippen molar-refractivity contribution in [3.8, 4) is 0 Å². The first-order valence-corrected chi connectivity index (χ1v) is 8.43. The molecule has 4 nitrogen and oxygen atoms in total. The van der Waals surface area contributed by atoms with E-state index < -0.39 is 0 Å². The van der Waals surface area contributed by atoms with Crippen molar-refractivity contribution in [1.29, 1.82) is 0 Å². The first kappa shape index (κ1) is 17.1. The van der Waals surface area contributed by atoms with Gasteiger partial charge in [-0.1, -0.05) is 25.4 Å². The van der Waals surface area contributed by atoms with Crippen LogP contribution in [0.5, 0.6) is 0 Å². The summed E-state index contributed by atoms with van der Waals surface area (Å²) in [7, 11) is 0. The zero-order valence-electron chi connectivity index (χ0n) is 13.4. The maximum Gasteiger partial charge on any atom is 0.319 e. The fraction of sp³-hybridized carbons (Fsp3) is 0.588. The zero-order chi connectivity index (χ0) is 15.9. The third kappa shape index (κ3) is 5.85. The lowest BCUT2D eigenvalue weighted by Crippen LogP contribution is -2.40. The van der Waals surface area contributed by atoms with Crippen LogP contribution in [0.2, 0.25) is 5.02 Å². The highest BCUT2D eigenvalue weighted by Crippen LogP contribution is 2.20. The van der Waals surface area contributed by atoms with Gasteiger partial charge in [-0.25, -0.2) is 4.79 Å². The van der Waals surface area contributed by atoms with E-state index in [1.165, 1.54) is 19.5 Å². The average molecular weight is 324 g/mol. The lowest BCUT2D eigenvalue weighted by atomic mass is 9.92. The monoisotopic (exact) mass is 323 g/mol. The number of amides is 2. The molecule has 0 aromatic heterocycles. The lowest BCUT2D eigenvalue weighted by Gasteiger charge is -2.34. The van der Waals surface area contributed by atoms with Crippen LogP contribution < -0.4 is 10.6 Å². The van der Waals surface area contributed by atoms with E-state index in [-0.39, 0.29) is 6.03 Å². The predicted octanol–water partition coefficient (Wildman–Crippen LogP) is 3.83. The molecular weight excluding hydrogens is 298 g/mol. The number of urea groups is 1. The minimum atomic E-state index is -0.164. The molecule has 0 radical (unpaired) electrons. The number of rotatable bonds is 5. The van der Waals surface area contributed by atoms with Gasteiger partial charge in [-0.05, 0) is 55.5 Å². The summed E-state index contributed by atoms with van der Waals surface area (Å²) in [5.74, 6) is 1.56. The van der Waals surface area contributed by atoms with E-state index in [1.54, 1.807) is 24.3 Å². The Morgan fingerprint density at radius 1 is 1.23 bits per heavy atom. The number of likely N-dealkylation sites (tertiary alicyclic amines) is 1. The van der Waals surface area contributed by atoms with Crippen molar-refractivity contribution in [2.75, 3.05) is 31.5 Å². The Kier molecular flexibility index (Phi) is 6.52. The molecule has 1 saturated heterocycles. The number of nitrogens with zero attached hydrogens (tertiary/aromatic N) is 1. The molecule has 2 unspecified atom stereocenters. The van der Waals surface area contributed by atoms with Crippen LogP contribution in [0.1, 0.15) is 26.7 Å². The minimum Gasteiger partial charge on any atom is -0.338 e. The van der Waals surface area contributed by atoms with E-state index in [9.17, 15) is 4.79 Å². The summed E-state index contributed by atoms with van der Waals surface area (Å²) in [6.45, 7) is 8.75. The van der Waals surface area contributed by atoms with Crippen LogP contribution in [0.25, 0.3) is 0 Å². The summed E-state index contributed by atoms with van der Waals surface area (Å²) >= 11 is 5.81. The van der Waals surface area contributed by atoms with E-state index in [0.29, 0.717) is 11.6 Å². The van der Waals surface area contributed by atoms with E-state index in [2.05, 4.69) is 29.4 Å². The fourth-order valence-corrected chi connectivity index (χ4v) is 3.31. The number of anilines is 1. The lowest BCUT2D eigenvalue weighted by molar-refractivity contribution is 0.140. The summed E-state index contributed by atoms with van der Waals surface area (Å²) in [6.07, 6.45) is 2.31. The molecule has 2 N–H and O–H groups in total. The minimum absolute atomic E-state index is 0.164. The normalized spacial score (nSPS) is 22.3. The van der Waals surface area contributed by atoms with E-state index >= 15 is 0 Å². The van der Waals surface area contributed by atoms with Crippen LogP contribution in [-0.2, 0) is 0 Å². The summed E-state index contributed by atoms with van der Waals surface area (Å²) in [5.41, 5.74) is 0.751. The summed E-state index contributed by atoms with van der Waals surface area (Å²) in [5, 5.41) is 6.36. The van der Waals surface area contributed by atoms with Crippen molar-refractivity contribution in [3.05, 3.63) is 29.3 Å². The van der Waals surface area contributed by atoms with Gasteiger partial charge in [-0.15, -0.1) is 0 Å². The summed E-state index contributed by atoms with van der Waals surface area (Å²) < 4.78 is 0. The van der Waals surface area contributed by atoms with Crippen molar-refractivity contribution in [2.45, 2.75) is 26.7 Å². The standard InChI is InChI=1S/C17H26ClN3O/c1-13-10-14(2)12-21(11-13)9-3-8-19-17(22)20-16-6-4-15(18)5-7-16/h4-7,13-14H,3,8-12H2,1-2H3,(H2,19,20,22).